The summed E-state index contributed by atoms with van der Waals surface area (Å²) >= 11 is 5.96. The van der Waals surface area contributed by atoms with Crippen LogP contribution < -0.4 is 10.1 Å². The zero-order valence-electron chi connectivity index (χ0n) is 12.3. The molecule has 0 aliphatic carbocycles. The van der Waals surface area contributed by atoms with Crippen LogP contribution in [0.3, 0.4) is 0 Å². The second-order valence-electron chi connectivity index (χ2n) is 5.31. The van der Waals surface area contributed by atoms with Crippen LogP contribution in [-0.2, 0) is 9.53 Å². The highest BCUT2D eigenvalue weighted by Gasteiger charge is 2.26. The van der Waals surface area contributed by atoms with Gasteiger partial charge in [-0.3, -0.25) is 0 Å². The molecule has 1 unspecified atom stereocenters. The van der Waals surface area contributed by atoms with E-state index in [1.807, 2.05) is 0 Å². The third kappa shape index (κ3) is 5.15. The molecule has 1 atom stereocenters. The van der Waals surface area contributed by atoms with Crippen LogP contribution in [0.15, 0.2) is 18.2 Å². The Morgan fingerprint density at radius 1 is 1.33 bits per heavy atom. The summed E-state index contributed by atoms with van der Waals surface area (Å²) in [6, 6.07) is 3.21. The van der Waals surface area contributed by atoms with Crippen molar-refractivity contribution in [3.05, 3.63) is 28.8 Å². The third-order valence-electron chi connectivity index (χ3n) is 2.42. The van der Waals surface area contributed by atoms with Gasteiger partial charge < -0.3 is 19.9 Å². The molecule has 0 heterocycles. The summed E-state index contributed by atoms with van der Waals surface area (Å²) in [5, 5.41) is 11.8. The minimum Gasteiger partial charge on any atom is -0.495 e. The molecule has 0 aliphatic heterocycles. The Balaban J connectivity index is 2.95. The molecule has 116 valence electrons. The Kier molecular flexibility index (Phi) is 5.43. The van der Waals surface area contributed by atoms with Gasteiger partial charge in [0.05, 0.1) is 12.1 Å². The van der Waals surface area contributed by atoms with Crippen molar-refractivity contribution in [2.45, 2.75) is 32.4 Å². The van der Waals surface area contributed by atoms with Crippen LogP contribution in [-0.4, -0.2) is 29.9 Å². The van der Waals surface area contributed by atoms with Gasteiger partial charge >= 0.3 is 12.1 Å². The maximum atomic E-state index is 11.7. The number of aliphatic carboxylic acids is 1. The Bertz CT molecular complexity index is 539. The highest BCUT2D eigenvalue weighted by Crippen LogP contribution is 2.28. The van der Waals surface area contributed by atoms with Gasteiger partial charge in [-0.2, -0.15) is 0 Å². The smallest absolute Gasteiger partial charge is 0.408 e. The standard InChI is InChI=1S/C14H18ClNO5/c1-14(2,3)21-13(19)16-11(12(17)18)8-5-6-10(20-4)9(15)7-8/h5-7,11H,1-4H3,(H,16,19)(H,17,18). The number of carbonyl (C=O) groups is 2. The molecule has 0 aromatic heterocycles. The number of alkyl carbamates (subject to hydrolysis) is 1. The van der Waals surface area contributed by atoms with Crippen LogP contribution in [0.1, 0.15) is 32.4 Å². The molecular weight excluding hydrogens is 298 g/mol. The van der Waals surface area contributed by atoms with Crippen molar-refractivity contribution in [3.8, 4) is 5.75 Å². The molecule has 0 bridgehead atoms. The zero-order chi connectivity index (χ0) is 16.2. The number of carboxylic acids is 1. The fourth-order valence-electron chi connectivity index (χ4n) is 1.58. The molecule has 0 saturated heterocycles. The van der Waals surface area contributed by atoms with Crippen molar-refractivity contribution in [1.29, 1.82) is 0 Å². The van der Waals surface area contributed by atoms with Gasteiger partial charge in [0.15, 0.2) is 6.04 Å². The van der Waals surface area contributed by atoms with Crippen molar-refractivity contribution >= 4 is 23.7 Å². The first-order valence-corrected chi connectivity index (χ1v) is 6.57. The summed E-state index contributed by atoms with van der Waals surface area (Å²) in [4.78, 5) is 23.0. The monoisotopic (exact) mass is 315 g/mol. The number of carboxylic acid groups (broad SMARTS) is 1. The molecular formula is C14H18ClNO5. The average molecular weight is 316 g/mol. The first-order valence-electron chi connectivity index (χ1n) is 6.20. The van der Waals surface area contributed by atoms with Gasteiger partial charge in [0, 0.05) is 0 Å². The predicted octanol–water partition coefficient (Wildman–Crippen LogP) is 3.00. The number of amides is 1. The highest BCUT2D eigenvalue weighted by molar-refractivity contribution is 6.32. The fourth-order valence-corrected chi connectivity index (χ4v) is 1.84. The molecule has 0 spiro atoms. The lowest BCUT2D eigenvalue weighted by Gasteiger charge is -2.22. The number of halogens is 1. The van der Waals surface area contributed by atoms with Crippen molar-refractivity contribution in [1.82, 2.24) is 5.32 Å². The topological polar surface area (TPSA) is 84.9 Å². The number of nitrogens with one attached hydrogen (secondary N) is 1. The number of hydrogen-bond donors (Lipinski definition) is 2. The maximum absolute atomic E-state index is 11.7. The molecule has 7 heteroatoms. The van der Waals surface area contributed by atoms with E-state index in [-0.39, 0.29) is 5.02 Å². The molecule has 0 fully saturated rings. The molecule has 0 aliphatic rings. The van der Waals surface area contributed by atoms with E-state index in [9.17, 15) is 14.7 Å². The van der Waals surface area contributed by atoms with E-state index in [2.05, 4.69) is 5.32 Å². The number of hydrogen-bond acceptors (Lipinski definition) is 4. The number of benzene rings is 1. The minimum absolute atomic E-state index is 0.257. The maximum Gasteiger partial charge on any atom is 0.408 e. The van der Waals surface area contributed by atoms with Crippen molar-refractivity contribution in [2.24, 2.45) is 0 Å². The summed E-state index contributed by atoms with van der Waals surface area (Å²) in [7, 11) is 1.45. The number of methoxy groups -OCH3 is 1. The molecule has 1 aromatic carbocycles. The van der Waals surface area contributed by atoms with Crippen molar-refractivity contribution < 1.29 is 24.2 Å². The van der Waals surface area contributed by atoms with E-state index in [4.69, 9.17) is 21.1 Å². The lowest BCUT2D eigenvalue weighted by atomic mass is 10.1. The fraction of sp³-hybridized carbons (Fsp3) is 0.429. The number of ether oxygens (including phenoxy) is 2. The second-order valence-corrected chi connectivity index (χ2v) is 5.72. The molecule has 0 saturated carbocycles. The Labute approximate surface area is 128 Å². The van der Waals surface area contributed by atoms with E-state index in [0.717, 1.165) is 0 Å². The zero-order valence-corrected chi connectivity index (χ0v) is 13.0. The molecule has 0 radical (unpaired) electrons. The summed E-state index contributed by atoms with van der Waals surface area (Å²) < 4.78 is 10.0. The summed E-state index contributed by atoms with van der Waals surface area (Å²) in [6.45, 7) is 5.06. The van der Waals surface area contributed by atoms with E-state index in [1.165, 1.54) is 25.3 Å². The van der Waals surface area contributed by atoms with Crippen LogP contribution in [0.4, 0.5) is 4.79 Å². The summed E-state index contributed by atoms with van der Waals surface area (Å²) in [5.41, 5.74) is -0.399. The quantitative estimate of drug-likeness (QED) is 0.892. The lowest BCUT2D eigenvalue weighted by molar-refractivity contribution is -0.139. The third-order valence-corrected chi connectivity index (χ3v) is 2.71. The first kappa shape index (κ1) is 17.1. The van der Waals surface area contributed by atoms with Crippen LogP contribution in [0.25, 0.3) is 0 Å². The Morgan fingerprint density at radius 2 is 1.95 bits per heavy atom. The predicted molar refractivity (Wildman–Crippen MR) is 77.8 cm³/mol. The lowest BCUT2D eigenvalue weighted by Crippen LogP contribution is -2.38. The van der Waals surface area contributed by atoms with Gasteiger partial charge in [0.1, 0.15) is 11.4 Å². The normalized spacial score (nSPS) is 12.4. The van der Waals surface area contributed by atoms with Crippen LogP contribution in [0, 0.1) is 0 Å². The molecule has 2 N–H and O–H groups in total. The Morgan fingerprint density at radius 3 is 2.38 bits per heavy atom. The van der Waals surface area contributed by atoms with Gasteiger partial charge in [0.25, 0.3) is 0 Å². The van der Waals surface area contributed by atoms with E-state index >= 15 is 0 Å². The number of rotatable bonds is 4. The van der Waals surface area contributed by atoms with Crippen molar-refractivity contribution in [3.63, 3.8) is 0 Å². The van der Waals surface area contributed by atoms with Gasteiger partial charge in [-0.15, -0.1) is 0 Å². The van der Waals surface area contributed by atoms with E-state index in [0.29, 0.717) is 11.3 Å². The van der Waals surface area contributed by atoms with Gasteiger partial charge in [0.2, 0.25) is 0 Å². The van der Waals surface area contributed by atoms with E-state index in [1.54, 1.807) is 20.8 Å². The molecule has 1 rings (SSSR count). The number of carbonyl (C=O) groups excluding carboxylic acids is 1. The molecule has 6 nitrogen and oxygen atoms in total. The van der Waals surface area contributed by atoms with Gasteiger partial charge in [-0.1, -0.05) is 17.7 Å². The molecule has 1 amide bonds. The molecule has 1 aromatic rings. The Hall–Kier alpha value is -1.95. The van der Waals surface area contributed by atoms with Crippen LogP contribution in [0.5, 0.6) is 5.75 Å². The SMILES string of the molecule is COc1ccc(C(NC(=O)OC(C)(C)C)C(=O)O)cc1Cl. The van der Waals surface area contributed by atoms with E-state index < -0.39 is 23.7 Å². The van der Waals surface area contributed by atoms with Crippen molar-refractivity contribution in [2.75, 3.05) is 7.11 Å². The summed E-state index contributed by atoms with van der Waals surface area (Å²) in [6.07, 6.45) is -0.818. The minimum atomic E-state index is -1.26. The van der Waals surface area contributed by atoms with Crippen LogP contribution >= 0.6 is 11.6 Å². The largest absolute Gasteiger partial charge is 0.495 e. The highest BCUT2D eigenvalue weighted by atomic mass is 35.5. The summed E-state index contributed by atoms with van der Waals surface area (Å²) in [5.74, 6) is -0.802. The molecule has 21 heavy (non-hydrogen) atoms. The van der Waals surface area contributed by atoms with Crippen LogP contribution in [0.2, 0.25) is 5.02 Å². The second kappa shape index (κ2) is 6.67. The van der Waals surface area contributed by atoms with Gasteiger partial charge in [-0.05, 0) is 38.5 Å². The first-order chi connectivity index (χ1) is 9.64. The van der Waals surface area contributed by atoms with Gasteiger partial charge in [-0.25, -0.2) is 9.59 Å². The average Bonchev–Trinajstić information content (AvgIpc) is 2.33.